The predicted octanol–water partition coefficient (Wildman–Crippen LogP) is 5.68. The van der Waals surface area contributed by atoms with Crippen LogP contribution in [0.4, 0.5) is 9.59 Å². The molecule has 2 aliphatic rings. The smallest absolute Gasteiger partial charge is 0.407 e. The summed E-state index contributed by atoms with van der Waals surface area (Å²) in [6.45, 7) is 10.6. The molecule has 2 unspecified atom stereocenters. The molecule has 2 aliphatic carbocycles. The molecule has 2 N–H and O–H groups in total. The summed E-state index contributed by atoms with van der Waals surface area (Å²) in [5.41, 5.74) is 0.318. The van der Waals surface area contributed by atoms with E-state index >= 15 is 0 Å². The molecule has 10 heteroatoms. The number of amides is 2. The summed E-state index contributed by atoms with van der Waals surface area (Å²) in [7, 11) is 0. The summed E-state index contributed by atoms with van der Waals surface area (Å²) in [6.07, 6.45) is 12.5. The van der Waals surface area contributed by atoms with Gasteiger partial charge in [0.2, 0.25) is 0 Å². The van der Waals surface area contributed by atoms with Crippen molar-refractivity contribution in [2.75, 3.05) is 46.2 Å². The van der Waals surface area contributed by atoms with Crippen molar-refractivity contribution >= 4 is 18.2 Å². The van der Waals surface area contributed by atoms with Crippen molar-refractivity contribution in [2.45, 2.75) is 109 Å². The van der Waals surface area contributed by atoms with Crippen LogP contribution in [-0.2, 0) is 28.5 Å². The first-order valence-electron chi connectivity index (χ1n) is 15.7. The fourth-order valence-corrected chi connectivity index (χ4v) is 5.58. The second-order valence-electron chi connectivity index (χ2n) is 11.4. The van der Waals surface area contributed by atoms with E-state index in [2.05, 4.69) is 17.2 Å². The number of hydrogen-bond donors (Lipinski definition) is 2. The SMILES string of the molecule is C=C(C)C(=O)OCCOC(=O)NC1CCCC(CC2CCC(NC(=O)OCCCCOCCCCOCC)CC2)C1. The van der Waals surface area contributed by atoms with Crippen LogP contribution in [0.5, 0.6) is 0 Å². The zero-order chi connectivity index (χ0) is 29.7. The van der Waals surface area contributed by atoms with E-state index in [1.165, 1.54) is 6.42 Å². The Kier molecular flexibility index (Phi) is 18.2. The highest BCUT2D eigenvalue weighted by Crippen LogP contribution is 2.35. The lowest BCUT2D eigenvalue weighted by Crippen LogP contribution is -2.40. The lowest BCUT2D eigenvalue weighted by atomic mass is 9.75. The van der Waals surface area contributed by atoms with Gasteiger partial charge in [-0.3, -0.25) is 0 Å². The van der Waals surface area contributed by atoms with Crippen molar-refractivity contribution in [1.82, 2.24) is 10.6 Å². The van der Waals surface area contributed by atoms with Crippen molar-refractivity contribution in [2.24, 2.45) is 11.8 Å². The molecule has 0 saturated heterocycles. The maximum absolute atomic E-state index is 12.2. The largest absolute Gasteiger partial charge is 0.459 e. The van der Waals surface area contributed by atoms with Gasteiger partial charge in [0.1, 0.15) is 13.2 Å². The quantitative estimate of drug-likeness (QED) is 0.0864. The molecule has 2 atom stereocenters. The van der Waals surface area contributed by atoms with Gasteiger partial charge < -0.3 is 34.3 Å². The van der Waals surface area contributed by atoms with Crippen LogP contribution in [0.15, 0.2) is 12.2 Å². The average Bonchev–Trinajstić information content (AvgIpc) is 2.95. The maximum Gasteiger partial charge on any atom is 0.407 e. The summed E-state index contributed by atoms with van der Waals surface area (Å²) in [6, 6.07) is 0.299. The molecule has 236 valence electrons. The Morgan fingerprint density at radius 3 is 1.93 bits per heavy atom. The number of alkyl carbamates (subject to hydrolysis) is 2. The minimum Gasteiger partial charge on any atom is -0.459 e. The van der Waals surface area contributed by atoms with Gasteiger partial charge in [-0.05, 0) is 96.3 Å². The molecule has 0 aliphatic heterocycles. The molecule has 0 radical (unpaired) electrons. The molecule has 41 heavy (non-hydrogen) atoms. The molecule has 2 rings (SSSR count). The molecule has 0 aromatic carbocycles. The average molecular weight is 583 g/mol. The Bertz CT molecular complexity index is 769. The summed E-state index contributed by atoms with van der Waals surface area (Å²) in [4.78, 5) is 35.7. The van der Waals surface area contributed by atoms with Gasteiger partial charge in [0, 0.05) is 44.1 Å². The van der Waals surface area contributed by atoms with Gasteiger partial charge in [0.15, 0.2) is 0 Å². The van der Waals surface area contributed by atoms with Gasteiger partial charge in [-0.1, -0.05) is 19.4 Å². The second-order valence-corrected chi connectivity index (χ2v) is 11.4. The van der Waals surface area contributed by atoms with Gasteiger partial charge in [0.25, 0.3) is 0 Å². The predicted molar refractivity (Wildman–Crippen MR) is 157 cm³/mol. The number of hydrogen-bond acceptors (Lipinski definition) is 8. The van der Waals surface area contributed by atoms with E-state index in [9.17, 15) is 14.4 Å². The molecular weight excluding hydrogens is 528 g/mol. The summed E-state index contributed by atoms with van der Waals surface area (Å²) >= 11 is 0. The van der Waals surface area contributed by atoms with Crippen LogP contribution in [0, 0.1) is 11.8 Å². The molecule has 0 bridgehead atoms. The fourth-order valence-electron chi connectivity index (χ4n) is 5.58. The minimum atomic E-state index is -0.485. The molecular formula is C31H54N2O8. The minimum absolute atomic E-state index is 0.0213. The van der Waals surface area contributed by atoms with Crippen LogP contribution in [0.2, 0.25) is 0 Å². The highest BCUT2D eigenvalue weighted by atomic mass is 16.6. The Labute approximate surface area is 246 Å². The molecule has 0 spiro atoms. The Balaban J connectivity index is 1.48. The Morgan fingerprint density at radius 2 is 1.27 bits per heavy atom. The fraction of sp³-hybridized carbons (Fsp3) is 0.839. The number of rotatable bonds is 19. The summed E-state index contributed by atoms with van der Waals surface area (Å²) in [5, 5.41) is 6.02. The Morgan fingerprint density at radius 1 is 0.683 bits per heavy atom. The van der Waals surface area contributed by atoms with Crippen LogP contribution in [0.1, 0.15) is 97.3 Å². The van der Waals surface area contributed by atoms with Crippen molar-refractivity contribution in [3.05, 3.63) is 12.2 Å². The number of ether oxygens (including phenoxy) is 5. The third-order valence-electron chi connectivity index (χ3n) is 7.79. The molecule has 10 nitrogen and oxygen atoms in total. The second kappa shape index (κ2) is 21.4. The maximum atomic E-state index is 12.2. The summed E-state index contributed by atoms with van der Waals surface area (Å²) < 4.78 is 26.4. The van der Waals surface area contributed by atoms with Gasteiger partial charge in [-0.25, -0.2) is 14.4 Å². The van der Waals surface area contributed by atoms with Crippen molar-refractivity contribution in [3.63, 3.8) is 0 Å². The zero-order valence-corrected chi connectivity index (χ0v) is 25.4. The van der Waals surface area contributed by atoms with E-state index in [-0.39, 0.29) is 31.4 Å². The van der Waals surface area contributed by atoms with Gasteiger partial charge in [-0.2, -0.15) is 0 Å². The highest BCUT2D eigenvalue weighted by Gasteiger charge is 2.29. The summed E-state index contributed by atoms with van der Waals surface area (Å²) in [5.74, 6) is 0.757. The van der Waals surface area contributed by atoms with Gasteiger partial charge in [-0.15, -0.1) is 0 Å². The Hall–Kier alpha value is -2.33. The van der Waals surface area contributed by atoms with Gasteiger partial charge in [0.05, 0.1) is 6.61 Å². The highest BCUT2D eigenvalue weighted by molar-refractivity contribution is 5.86. The lowest BCUT2D eigenvalue weighted by Gasteiger charge is -2.34. The van der Waals surface area contributed by atoms with E-state index in [0.29, 0.717) is 30.6 Å². The van der Waals surface area contributed by atoms with E-state index in [1.807, 2.05) is 6.92 Å². The van der Waals surface area contributed by atoms with E-state index in [1.54, 1.807) is 6.92 Å². The van der Waals surface area contributed by atoms with E-state index in [0.717, 1.165) is 96.9 Å². The molecule has 0 aromatic heterocycles. The van der Waals surface area contributed by atoms with Crippen LogP contribution in [0.3, 0.4) is 0 Å². The third kappa shape index (κ3) is 16.6. The number of nitrogens with one attached hydrogen (secondary N) is 2. The van der Waals surface area contributed by atoms with Crippen LogP contribution >= 0.6 is 0 Å². The number of unbranched alkanes of at least 4 members (excludes halogenated alkanes) is 2. The number of carbonyl (C=O) groups excluding carboxylic acids is 3. The molecule has 2 fully saturated rings. The number of carbonyl (C=O) groups is 3. The van der Waals surface area contributed by atoms with Crippen molar-refractivity contribution in [3.8, 4) is 0 Å². The first kappa shape index (κ1) is 34.9. The lowest BCUT2D eigenvalue weighted by molar-refractivity contribution is -0.139. The monoisotopic (exact) mass is 582 g/mol. The van der Waals surface area contributed by atoms with E-state index < -0.39 is 12.1 Å². The number of esters is 1. The van der Waals surface area contributed by atoms with Crippen LogP contribution in [0.25, 0.3) is 0 Å². The molecule has 2 saturated carbocycles. The first-order chi connectivity index (χ1) is 19.9. The van der Waals surface area contributed by atoms with Crippen molar-refractivity contribution in [1.29, 1.82) is 0 Å². The van der Waals surface area contributed by atoms with Crippen LogP contribution in [-0.4, -0.2) is 76.5 Å². The molecule has 0 aromatic rings. The van der Waals surface area contributed by atoms with E-state index in [4.69, 9.17) is 23.7 Å². The third-order valence-corrected chi connectivity index (χ3v) is 7.79. The standard InChI is InChI=1S/C31H54N2O8/c1-4-37-16-5-6-17-38-18-7-8-19-40-30(35)32-27-14-12-25(13-15-27)22-26-10-9-11-28(23-26)33-31(36)41-21-20-39-29(34)24(2)3/h25-28H,2,4-23H2,1,3H3,(H,32,35)(H,33,36). The first-order valence-corrected chi connectivity index (χ1v) is 15.7. The normalized spacial score (nSPS) is 22.4. The van der Waals surface area contributed by atoms with Crippen molar-refractivity contribution < 1.29 is 38.1 Å². The van der Waals surface area contributed by atoms with Crippen LogP contribution < -0.4 is 10.6 Å². The molecule has 2 amide bonds. The molecule has 0 heterocycles. The topological polar surface area (TPSA) is 121 Å². The zero-order valence-electron chi connectivity index (χ0n) is 25.4. The van der Waals surface area contributed by atoms with Gasteiger partial charge >= 0.3 is 18.2 Å².